The van der Waals surface area contributed by atoms with Crippen LogP contribution >= 0.6 is 0 Å². The monoisotopic (exact) mass is 289 g/mol. The Morgan fingerprint density at radius 3 is 2.35 bits per heavy atom. The Morgan fingerprint density at radius 1 is 1.10 bits per heavy atom. The summed E-state index contributed by atoms with van der Waals surface area (Å²) in [6.45, 7) is 3.26. The fourth-order valence-electron chi connectivity index (χ4n) is 2.09. The standard InChI is InChI=1S/C12H18F3N5/c13-12(14,15)10-16-4-5-19-6-8-20(9-7-19)11-17-2-1-3-18-11/h1-3,16H,4-10H2. The molecule has 0 bridgehead atoms. The highest BCUT2D eigenvalue weighted by atomic mass is 19.4. The number of hydrogen-bond donors (Lipinski definition) is 1. The van der Waals surface area contributed by atoms with Crippen LogP contribution in [0.2, 0.25) is 0 Å². The maximum Gasteiger partial charge on any atom is 0.401 e. The molecule has 2 heterocycles. The fraction of sp³-hybridized carbons (Fsp3) is 0.667. The van der Waals surface area contributed by atoms with Crippen LogP contribution in [0.1, 0.15) is 0 Å². The summed E-state index contributed by atoms with van der Waals surface area (Å²) in [4.78, 5) is 12.6. The van der Waals surface area contributed by atoms with E-state index in [-0.39, 0.29) is 0 Å². The number of piperazine rings is 1. The van der Waals surface area contributed by atoms with Crippen LogP contribution in [-0.2, 0) is 0 Å². The second-order valence-corrected chi connectivity index (χ2v) is 4.67. The van der Waals surface area contributed by atoms with Crippen LogP contribution in [0.4, 0.5) is 19.1 Å². The lowest BCUT2D eigenvalue weighted by Gasteiger charge is -2.34. The molecule has 0 atom stereocenters. The highest BCUT2D eigenvalue weighted by Gasteiger charge is 2.26. The van der Waals surface area contributed by atoms with Crippen molar-refractivity contribution < 1.29 is 13.2 Å². The molecule has 1 aromatic heterocycles. The molecule has 1 N–H and O–H groups in total. The van der Waals surface area contributed by atoms with Crippen LogP contribution in [0.3, 0.4) is 0 Å². The molecule has 0 aromatic carbocycles. The minimum Gasteiger partial charge on any atom is -0.338 e. The van der Waals surface area contributed by atoms with Gasteiger partial charge in [-0.2, -0.15) is 13.2 Å². The number of rotatable bonds is 5. The topological polar surface area (TPSA) is 44.3 Å². The molecular weight excluding hydrogens is 271 g/mol. The van der Waals surface area contributed by atoms with Crippen molar-refractivity contribution >= 4 is 5.95 Å². The normalized spacial score (nSPS) is 17.4. The Labute approximate surface area is 115 Å². The first-order valence-electron chi connectivity index (χ1n) is 6.56. The van der Waals surface area contributed by atoms with Gasteiger partial charge in [0.25, 0.3) is 0 Å². The largest absolute Gasteiger partial charge is 0.401 e. The number of nitrogens with zero attached hydrogens (tertiary/aromatic N) is 4. The molecule has 1 aliphatic rings. The van der Waals surface area contributed by atoms with E-state index in [1.54, 1.807) is 18.5 Å². The van der Waals surface area contributed by atoms with Gasteiger partial charge in [-0.1, -0.05) is 0 Å². The number of alkyl halides is 3. The lowest BCUT2D eigenvalue weighted by atomic mass is 10.3. The van der Waals surface area contributed by atoms with Crippen LogP contribution < -0.4 is 10.2 Å². The van der Waals surface area contributed by atoms with Gasteiger partial charge >= 0.3 is 6.18 Å². The number of nitrogens with one attached hydrogen (secondary N) is 1. The quantitative estimate of drug-likeness (QED) is 0.811. The SMILES string of the molecule is FC(F)(F)CNCCN1CCN(c2ncccn2)CC1. The summed E-state index contributed by atoms with van der Waals surface area (Å²) in [5, 5.41) is 2.41. The second kappa shape index (κ2) is 6.85. The molecule has 1 aromatic rings. The summed E-state index contributed by atoms with van der Waals surface area (Å²) >= 11 is 0. The van der Waals surface area contributed by atoms with E-state index in [0.29, 0.717) is 19.0 Å². The fourth-order valence-corrected chi connectivity index (χ4v) is 2.09. The predicted octanol–water partition coefficient (Wildman–Crippen LogP) is 0.750. The van der Waals surface area contributed by atoms with Gasteiger partial charge in [0, 0.05) is 51.7 Å². The minimum atomic E-state index is -4.14. The Balaban J connectivity index is 1.65. The Morgan fingerprint density at radius 2 is 1.75 bits per heavy atom. The zero-order valence-electron chi connectivity index (χ0n) is 11.1. The molecule has 112 valence electrons. The molecule has 1 aliphatic heterocycles. The van der Waals surface area contributed by atoms with Gasteiger partial charge in [0.2, 0.25) is 5.95 Å². The van der Waals surface area contributed by atoms with E-state index >= 15 is 0 Å². The van der Waals surface area contributed by atoms with E-state index in [9.17, 15) is 13.2 Å². The van der Waals surface area contributed by atoms with E-state index in [4.69, 9.17) is 0 Å². The van der Waals surface area contributed by atoms with Crippen molar-refractivity contribution in [1.29, 1.82) is 0 Å². The predicted molar refractivity (Wildman–Crippen MR) is 69.6 cm³/mol. The molecule has 0 unspecified atom stereocenters. The van der Waals surface area contributed by atoms with Gasteiger partial charge in [0.15, 0.2) is 0 Å². The van der Waals surface area contributed by atoms with E-state index < -0.39 is 12.7 Å². The van der Waals surface area contributed by atoms with Crippen molar-refractivity contribution in [3.63, 3.8) is 0 Å². The van der Waals surface area contributed by atoms with E-state index in [1.165, 1.54) is 0 Å². The van der Waals surface area contributed by atoms with Crippen LogP contribution in [-0.4, -0.2) is 66.9 Å². The average Bonchev–Trinajstić information content (AvgIpc) is 2.44. The molecule has 2 rings (SSSR count). The summed E-state index contributed by atoms with van der Waals surface area (Å²) < 4.78 is 35.9. The summed E-state index contributed by atoms with van der Waals surface area (Å²) in [6, 6.07) is 1.77. The third kappa shape index (κ3) is 4.93. The first-order valence-corrected chi connectivity index (χ1v) is 6.56. The molecule has 1 saturated heterocycles. The van der Waals surface area contributed by atoms with Gasteiger partial charge in [-0.25, -0.2) is 9.97 Å². The van der Waals surface area contributed by atoms with Gasteiger partial charge in [-0.3, -0.25) is 4.90 Å². The molecule has 1 fully saturated rings. The third-order valence-electron chi connectivity index (χ3n) is 3.14. The maximum atomic E-state index is 12.0. The smallest absolute Gasteiger partial charge is 0.338 e. The van der Waals surface area contributed by atoms with Crippen LogP contribution in [0.5, 0.6) is 0 Å². The van der Waals surface area contributed by atoms with Gasteiger partial charge in [0.05, 0.1) is 6.54 Å². The van der Waals surface area contributed by atoms with Crippen LogP contribution in [0.15, 0.2) is 18.5 Å². The highest BCUT2D eigenvalue weighted by molar-refractivity contribution is 5.29. The van der Waals surface area contributed by atoms with Crippen LogP contribution in [0, 0.1) is 0 Å². The summed E-state index contributed by atoms with van der Waals surface area (Å²) in [5.74, 6) is 0.711. The van der Waals surface area contributed by atoms with E-state index in [0.717, 1.165) is 26.2 Å². The van der Waals surface area contributed by atoms with E-state index in [1.807, 2.05) is 0 Å². The maximum absolute atomic E-state index is 12.0. The Hall–Kier alpha value is -1.41. The molecule has 0 saturated carbocycles. The van der Waals surface area contributed by atoms with Crippen molar-refractivity contribution in [2.75, 3.05) is 50.7 Å². The van der Waals surface area contributed by atoms with Crippen molar-refractivity contribution in [1.82, 2.24) is 20.2 Å². The summed E-state index contributed by atoms with van der Waals surface area (Å²) in [6.07, 6.45) is -0.727. The highest BCUT2D eigenvalue weighted by Crippen LogP contribution is 2.12. The zero-order chi connectivity index (χ0) is 14.4. The van der Waals surface area contributed by atoms with Crippen molar-refractivity contribution in [3.8, 4) is 0 Å². The molecule has 20 heavy (non-hydrogen) atoms. The summed E-state index contributed by atoms with van der Waals surface area (Å²) in [7, 11) is 0. The summed E-state index contributed by atoms with van der Waals surface area (Å²) in [5.41, 5.74) is 0. The minimum absolute atomic E-state index is 0.349. The molecule has 8 heteroatoms. The molecule has 0 amide bonds. The van der Waals surface area contributed by atoms with Crippen molar-refractivity contribution in [2.45, 2.75) is 6.18 Å². The molecular formula is C12H18F3N5. The second-order valence-electron chi connectivity index (χ2n) is 4.67. The van der Waals surface area contributed by atoms with Crippen molar-refractivity contribution in [3.05, 3.63) is 18.5 Å². The van der Waals surface area contributed by atoms with Gasteiger partial charge in [-0.15, -0.1) is 0 Å². The zero-order valence-corrected chi connectivity index (χ0v) is 11.1. The number of hydrogen-bond acceptors (Lipinski definition) is 5. The van der Waals surface area contributed by atoms with Crippen molar-refractivity contribution in [2.24, 2.45) is 0 Å². The molecule has 0 spiro atoms. The van der Waals surface area contributed by atoms with Gasteiger partial charge in [-0.05, 0) is 6.07 Å². The van der Waals surface area contributed by atoms with Gasteiger partial charge < -0.3 is 10.2 Å². The number of halogens is 3. The van der Waals surface area contributed by atoms with Crippen LogP contribution in [0.25, 0.3) is 0 Å². The van der Waals surface area contributed by atoms with E-state index in [2.05, 4.69) is 25.1 Å². The Bertz CT molecular complexity index is 390. The average molecular weight is 289 g/mol. The number of aromatic nitrogens is 2. The lowest BCUT2D eigenvalue weighted by molar-refractivity contribution is -0.124. The first-order chi connectivity index (χ1) is 9.54. The Kier molecular flexibility index (Phi) is 5.13. The molecule has 5 nitrogen and oxygen atoms in total. The third-order valence-corrected chi connectivity index (χ3v) is 3.14. The first kappa shape index (κ1) is 15.0. The molecule has 0 aliphatic carbocycles. The lowest BCUT2D eigenvalue weighted by Crippen LogP contribution is -2.49. The number of anilines is 1. The molecule has 0 radical (unpaired) electrons. The van der Waals surface area contributed by atoms with Gasteiger partial charge in [0.1, 0.15) is 0 Å².